The maximum Gasteiger partial charge on any atom is 0.359 e. The van der Waals surface area contributed by atoms with Gasteiger partial charge in [0.05, 0.1) is 42.2 Å². The monoisotopic (exact) mass is 690 g/mol. The molecule has 2 aliphatic rings. The average molecular weight is 691 g/mol. The van der Waals surface area contributed by atoms with Gasteiger partial charge >= 0.3 is 5.00 Å². The van der Waals surface area contributed by atoms with E-state index in [1.807, 2.05) is 6.92 Å². The molecule has 1 aliphatic heterocycles. The number of hydrogen-bond acceptors (Lipinski definition) is 8. The minimum Gasteiger partial charge on any atom is -0.496 e. The van der Waals surface area contributed by atoms with Gasteiger partial charge in [-0.3, -0.25) is 14.3 Å². The molecule has 2 unspecified atom stereocenters. The van der Waals surface area contributed by atoms with Crippen molar-refractivity contribution in [3.8, 4) is 11.5 Å². The highest BCUT2D eigenvalue weighted by atomic mass is 32.2. The first-order valence-corrected chi connectivity index (χ1v) is 16.7. The molecule has 45 heavy (non-hydrogen) atoms. The van der Waals surface area contributed by atoms with Crippen LogP contribution in [0.1, 0.15) is 49.4 Å². The van der Waals surface area contributed by atoms with E-state index in [1.54, 1.807) is 0 Å². The van der Waals surface area contributed by atoms with Crippen LogP contribution in [-0.4, -0.2) is 64.0 Å². The van der Waals surface area contributed by atoms with Crippen molar-refractivity contribution in [2.45, 2.75) is 61.1 Å². The lowest BCUT2D eigenvalue weighted by Gasteiger charge is -2.34. The molecule has 0 radical (unpaired) electrons. The minimum atomic E-state index is -5.03. The Kier molecular flexibility index (Phi) is 10.8. The molecule has 246 valence electrons. The number of amides is 2. The second-order valence-electron chi connectivity index (χ2n) is 11.4. The number of nitrogens with zero attached hydrogens (tertiary/aromatic N) is 1. The molecule has 2 aromatic carbocycles. The van der Waals surface area contributed by atoms with E-state index >= 15 is 0 Å². The van der Waals surface area contributed by atoms with Gasteiger partial charge in [0.25, 0.3) is 5.91 Å². The molecule has 1 saturated heterocycles. The molecule has 1 aliphatic carbocycles. The molecular weight excluding hydrogens is 655 g/mol. The van der Waals surface area contributed by atoms with Gasteiger partial charge in [-0.05, 0) is 75.0 Å². The van der Waals surface area contributed by atoms with Gasteiger partial charge in [0, 0.05) is 23.8 Å². The fourth-order valence-corrected chi connectivity index (χ4v) is 6.93. The van der Waals surface area contributed by atoms with Crippen LogP contribution in [-0.2, 0) is 24.2 Å². The van der Waals surface area contributed by atoms with Crippen LogP contribution < -0.4 is 19.5 Å². The number of methoxy groups -OCH3 is 1. The number of rotatable bonds is 10. The normalized spacial score (nSPS) is 23.9. The maximum absolute atomic E-state index is 15.0. The summed E-state index contributed by atoms with van der Waals surface area (Å²) in [4.78, 5) is 33.7. The van der Waals surface area contributed by atoms with Crippen molar-refractivity contribution in [1.29, 1.82) is 0 Å². The zero-order valence-electron chi connectivity index (χ0n) is 24.6. The van der Waals surface area contributed by atoms with Gasteiger partial charge in [0.2, 0.25) is 15.7 Å². The Balaban J connectivity index is 1.52. The lowest BCUT2D eigenvalue weighted by molar-refractivity contribution is -0.125. The average Bonchev–Trinajstić information content (AvgIpc) is 3.02. The molecule has 10 nitrogen and oxygen atoms in total. The zero-order chi connectivity index (χ0) is 33.2. The van der Waals surface area contributed by atoms with Crippen LogP contribution in [0.25, 0.3) is 0 Å². The van der Waals surface area contributed by atoms with Gasteiger partial charge in [-0.1, -0.05) is 13.0 Å². The number of carbonyl (C=O) groups is 3. The van der Waals surface area contributed by atoms with Crippen LogP contribution in [0, 0.1) is 17.2 Å². The van der Waals surface area contributed by atoms with Gasteiger partial charge < -0.3 is 24.3 Å². The Morgan fingerprint density at radius 2 is 1.84 bits per heavy atom. The largest absolute Gasteiger partial charge is 0.496 e. The number of halogens is 3. The van der Waals surface area contributed by atoms with Crippen LogP contribution in [0.4, 0.5) is 18.9 Å². The molecule has 2 amide bonds. The lowest BCUT2D eigenvalue weighted by Crippen LogP contribution is -2.51. The summed E-state index contributed by atoms with van der Waals surface area (Å²) >= 11 is 0. The Labute approximate surface area is 264 Å². The first-order valence-electron chi connectivity index (χ1n) is 14.1. The highest BCUT2D eigenvalue weighted by Crippen LogP contribution is 2.38. The van der Waals surface area contributed by atoms with Crippen molar-refractivity contribution in [3.63, 3.8) is 0 Å². The van der Waals surface area contributed by atoms with E-state index < -0.39 is 54.7 Å². The number of benzene rings is 2. The van der Waals surface area contributed by atoms with Crippen LogP contribution in [0.15, 0.2) is 41.3 Å². The number of sulfone groups is 1. The smallest absolute Gasteiger partial charge is 0.359 e. The van der Waals surface area contributed by atoms with Crippen LogP contribution in [0.3, 0.4) is 0 Å². The Hall–Kier alpha value is -2.79. The molecular formula is C29H35F3N2O8P2S. The third-order valence-corrected chi connectivity index (χ3v) is 11.2. The van der Waals surface area contributed by atoms with Gasteiger partial charge in [-0.2, -0.15) is 8.78 Å². The molecule has 2 aromatic rings. The number of carbonyl (C=O) groups excluding carboxylic acids is 3. The summed E-state index contributed by atoms with van der Waals surface area (Å²) in [5.41, 5.74) is -0.469. The second-order valence-corrected chi connectivity index (χ2v) is 15.1. The predicted molar refractivity (Wildman–Crippen MR) is 166 cm³/mol. The third kappa shape index (κ3) is 7.79. The van der Waals surface area contributed by atoms with Crippen LogP contribution in [0.5, 0.6) is 11.5 Å². The van der Waals surface area contributed by atoms with Crippen molar-refractivity contribution in [3.05, 3.63) is 47.8 Å². The summed E-state index contributed by atoms with van der Waals surface area (Å²) in [6, 6.07) is 5.99. The predicted octanol–water partition coefficient (Wildman–Crippen LogP) is 4.52. The Bertz CT molecular complexity index is 1550. The lowest BCUT2D eigenvalue weighted by atomic mass is 9.76. The van der Waals surface area contributed by atoms with Crippen molar-refractivity contribution in [1.82, 2.24) is 5.32 Å². The van der Waals surface area contributed by atoms with Crippen molar-refractivity contribution < 1.29 is 50.2 Å². The molecule has 0 spiro atoms. The minimum absolute atomic E-state index is 0.0232. The van der Waals surface area contributed by atoms with E-state index in [2.05, 4.69) is 14.7 Å². The zero-order valence-corrected chi connectivity index (χ0v) is 27.8. The molecule has 2 fully saturated rings. The topological polar surface area (TPSA) is 128 Å². The number of hydrogen-bond donors (Lipinski definition) is 1. The number of ether oxygens (including phenoxy) is 3. The Morgan fingerprint density at radius 3 is 2.47 bits per heavy atom. The molecule has 0 bridgehead atoms. The molecule has 4 atom stereocenters. The molecule has 1 N–H and O–H groups in total. The van der Waals surface area contributed by atoms with Crippen LogP contribution in [0.2, 0.25) is 0 Å². The number of alkyl halides is 2. The van der Waals surface area contributed by atoms with E-state index in [0.29, 0.717) is 25.7 Å². The SMILES string of the molecule is COc1cc(F)c(O[C@H]2CC[C@@](C)(C=O)CC2)cc1C(=O)N[C@H]1COCC[C@H]1C(=O)N(P)c1cccc(S(=O)(=O)C(F)(F)P)c1. The first-order chi connectivity index (χ1) is 21.1. The molecule has 1 saturated carbocycles. The van der Waals surface area contributed by atoms with Crippen molar-refractivity contribution >= 4 is 52.3 Å². The Morgan fingerprint density at radius 1 is 1.16 bits per heavy atom. The van der Waals surface area contributed by atoms with Gasteiger partial charge in [-0.15, -0.1) is 0 Å². The van der Waals surface area contributed by atoms with E-state index in [0.717, 1.165) is 38.4 Å². The number of anilines is 1. The summed E-state index contributed by atoms with van der Waals surface area (Å²) in [7, 11) is -0.614. The van der Waals surface area contributed by atoms with Gasteiger partial charge in [0.15, 0.2) is 11.6 Å². The van der Waals surface area contributed by atoms with Crippen molar-refractivity contribution in [2.24, 2.45) is 11.3 Å². The van der Waals surface area contributed by atoms with Crippen molar-refractivity contribution in [2.75, 3.05) is 25.0 Å². The highest BCUT2D eigenvalue weighted by molar-refractivity contribution is 7.96. The summed E-state index contributed by atoms with van der Waals surface area (Å²) in [5, 5.41) is 2.76. The fraction of sp³-hybridized carbons (Fsp3) is 0.483. The van der Waals surface area contributed by atoms with Crippen LogP contribution >= 0.6 is 18.6 Å². The molecule has 0 aromatic heterocycles. The van der Waals surface area contributed by atoms with Gasteiger partial charge in [0.1, 0.15) is 12.0 Å². The second kappa shape index (κ2) is 13.9. The number of aldehydes is 1. The van der Waals surface area contributed by atoms with E-state index in [9.17, 15) is 36.0 Å². The maximum atomic E-state index is 15.0. The third-order valence-electron chi connectivity index (χ3n) is 8.14. The number of nitrogens with one attached hydrogen (secondary N) is 1. The summed E-state index contributed by atoms with van der Waals surface area (Å²) < 4.78 is 84.6. The first kappa shape index (κ1) is 35.1. The fourth-order valence-electron chi connectivity index (χ4n) is 5.32. The quantitative estimate of drug-likeness (QED) is 0.285. The molecule has 1 heterocycles. The summed E-state index contributed by atoms with van der Waals surface area (Å²) in [6.07, 6.45) is 3.00. The highest BCUT2D eigenvalue weighted by Gasteiger charge is 2.42. The molecule has 4 rings (SSSR count). The van der Waals surface area contributed by atoms with Gasteiger partial charge in [-0.25, -0.2) is 12.8 Å². The van der Waals surface area contributed by atoms with E-state index in [4.69, 9.17) is 14.2 Å². The standard InChI is InChI=1S/C29H35F3N2O8P2S/c1-28(16-35)9-6-18(7-10-28)42-25-13-21(24(40-2)14-22(25)30)26(36)33-23-15-41-11-8-20(23)27(37)34(44)17-4-3-5-19(12-17)45(38,39)29(31,32)43/h3-5,12-14,16,18,20,23H,6-11,15,43-44H2,1-2H3,(H,33,36)/t18-,20-,23+,28+/m1/s1. The molecule has 16 heteroatoms. The van der Waals surface area contributed by atoms with E-state index in [-0.39, 0.29) is 48.5 Å². The summed E-state index contributed by atoms with van der Waals surface area (Å²) in [6.45, 7) is 2.01. The van der Waals surface area contributed by atoms with E-state index in [1.165, 1.54) is 25.3 Å². The summed E-state index contributed by atoms with van der Waals surface area (Å²) in [5.74, 6) is -3.03.